The van der Waals surface area contributed by atoms with Crippen LogP contribution >= 0.6 is 11.8 Å². The summed E-state index contributed by atoms with van der Waals surface area (Å²) < 4.78 is 0. The van der Waals surface area contributed by atoms with E-state index < -0.39 is 0 Å². The first-order chi connectivity index (χ1) is 42.5. The van der Waals surface area contributed by atoms with E-state index in [1.165, 1.54) is 122 Å². The lowest BCUT2D eigenvalue weighted by Crippen LogP contribution is -2.62. The van der Waals surface area contributed by atoms with Gasteiger partial charge in [-0.1, -0.05) is 238 Å². The lowest BCUT2D eigenvalue weighted by atomic mass is 9.33. The van der Waals surface area contributed by atoms with Crippen molar-refractivity contribution in [1.82, 2.24) is 0 Å². The summed E-state index contributed by atoms with van der Waals surface area (Å²) in [5.74, 6) is 0.254. The van der Waals surface area contributed by atoms with Crippen LogP contribution in [0.15, 0.2) is 205 Å². The van der Waals surface area contributed by atoms with Crippen molar-refractivity contribution in [2.24, 2.45) is 0 Å². The largest absolute Gasteiger partial charge is 0.311 e. The van der Waals surface area contributed by atoms with E-state index in [0.29, 0.717) is 5.25 Å². The Morgan fingerprint density at radius 1 is 0.456 bits per heavy atom. The van der Waals surface area contributed by atoms with Gasteiger partial charge in [-0.15, -0.1) is 11.8 Å². The normalized spacial score (nSPS) is 17.8. The molecule has 3 nitrogen and oxygen atoms in total. The molecule has 2 unspecified atom stereocenters. The first-order valence-electron chi connectivity index (χ1n) is 33.1. The second kappa shape index (κ2) is 21.2. The summed E-state index contributed by atoms with van der Waals surface area (Å²) >= 11 is 2.02. The SMILES string of the molecule is Cc1cc(C(C)(C)C)ccc1N1c2ccc(C3=CC=CC4Sc5ccccc5C34)cc2B2c3cc4c(cc3N(c3ccc(C(C)(C)C)cc3-c3ccccc3)c3cc(N(c5ccc(C(C)(C)C)cc5)c5ccc(C(C)(C)C)cc5)cc1c32)C(C)(C)CCC4(C)C. The van der Waals surface area contributed by atoms with Crippen LogP contribution in [-0.4, -0.2) is 12.0 Å². The van der Waals surface area contributed by atoms with E-state index in [4.69, 9.17) is 0 Å². The Labute approximate surface area is 543 Å². The van der Waals surface area contributed by atoms with Gasteiger partial charge in [-0.3, -0.25) is 0 Å². The summed E-state index contributed by atoms with van der Waals surface area (Å²) in [6, 6.07) is 72.0. The molecule has 0 saturated heterocycles. The Morgan fingerprint density at radius 3 is 1.56 bits per heavy atom. The molecule has 0 aromatic heterocycles. The average Bonchev–Trinajstić information content (AvgIpc) is 0.784. The highest BCUT2D eigenvalue weighted by Crippen LogP contribution is 2.56. The fourth-order valence-corrected chi connectivity index (χ4v) is 16.7. The number of allylic oxidation sites excluding steroid dienone is 3. The van der Waals surface area contributed by atoms with Crippen molar-refractivity contribution in [2.45, 2.75) is 179 Å². The first-order valence-corrected chi connectivity index (χ1v) is 34.0. The van der Waals surface area contributed by atoms with Gasteiger partial charge < -0.3 is 14.7 Å². The topological polar surface area (TPSA) is 9.72 Å². The number of hydrogen-bond donors (Lipinski definition) is 0. The second-order valence-electron chi connectivity index (χ2n) is 32.1. The molecule has 0 saturated carbocycles. The summed E-state index contributed by atoms with van der Waals surface area (Å²) in [6.07, 6.45) is 9.43. The van der Waals surface area contributed by atoms with E-state index in [-0.39, 0.29) is 45.1 Å². The number of nitrogens with zero attached hydrogens (tertiary/aromatic N) is 3. The lowest BCUT2D eigenvalue weighted by Gasteiger charge is -2.48. The van der Waals surface area contributed by atoms with Gasteiger partial charge in [-0.25, -0.2) is 0 Å². The lowest BCUT2D eigenvalue weighted by molar-refractivity contribution is 0.332. The van der Waals surface area contributed by atoms with Crippen molar-refractivity contribution in [3.63, 3.8) is 0 Å². The Morgan fingerprint density at radius 2 is 0.967 bits per heavy atom. The number of thioether (sulfide) groups is 1. The van der Waals surface area contributed by atoms with Crippen molar-refractivity contribution >= 4 is 91.6 Å². The zero-order valence-electron chi connectivity index (χ0n) is 56.4. The maximum absolute atomic E-state index is 2.73. The Balaban J connectivity index is 1.14. The van der Waals surface area contributed by atoms with Gasteiger partial charge in [0, 0.05) is 61.4 Å². The number of aryl methyl sites for hydroxylation is 1. The van der Waals surface area contributed by atoms with Gasteiger partial charge in [0.25, 0.3) is 6.71 Å². The number of benzene rings is 9. The van der Waals surface area contributed by atoms with E-state index in [0.717, 1.165) is 29.9 Å². The molecule has 3 heterocycles. The summed E-state index contributed by atoms with van der Waals surface area (Å²) in [4.78, 5) is 9.35. The highest BCUT2D eigenvalue weighted by Gasteiger charge is 2.48. The zero-order valence-corrected chi connectivity index (χ0v) is 57.3. The molecular formula is C85H90BN3S. The molecule has 0 amide bonds. The van der Waals surface area contributed by atoms with Gasteiger partial charge in [-0.2, -0.15) is 0 Å². The molecule has 0 bridgehead atoms. The van der Waals surface area contributed by atoms with Gasteiger partial charge in [0.1, 0.15) is 0 Å². The number of anilines is 9. The number of rotatable bonds is 7. The smallest absolute Gasteiger partial charge is 0.252 e. The van der Waals surface area contributed by atoms with Crippen LogP contribution in [0.25, 0.3) is 16.7 Å². The Bertz CT molecular complexity index is 4340. The molecule has 14 rings (SSSR count). The number of fused-ring (bicyclic) bond motifs is 8. The molecule has 5 heteroatoms. The molecule has 0 radical (unpaired) electrons. The first kappa shape index (κ1) is 59.9. The molecule has 3 aliphatic heterocycles. The van der Waals surface area contributed by atoms with Crippen LogP contribution in [0.2, 0.25) is 0 Å². The fourth-order valence-electron chi connectivity index (χ4n) is 15.3. The average molecular weight is 1200 g/mol. The third-order valence-corrected chi connectivity index (χ3v) is 22.2. The van der Waals surface area contributed by atoms with Gasteiger partial charge in [0.2, 0.25) is 0 Å². The van der Waals surface area contributed by atoms with Crippen molar-refractivity contribution in [1.29, 1.82) is 0 Å². The van der Waals surface area contributed by atoms with E-state index in [9.17, 15) is 0 Å². The molecule has 0 N–H and O–H groups in total. The molecule has 0 fully saturated rings. The molecule has 0 spiro atoms. The van der Waals surface area contributed by atoms with Crippen LogP contribution in [0.3, 0.4) is 0 Å². The molecule has 90 heavy (non-hydrogen) atoms. The molecule has 9 aromatic carbocycles. The predicted octanol–water partition coefficient (Wildman–Crippen LogP) is 22.0. The summed E-state index contributed by atoms with van der Waals surface area (Å²) in [5.41, 5.74) is 30.4. The van der Waals surface area contributed by atoms with Gasteiger partial charge in [0.15, 0.2) is 0 Å². The highest BCUT2D eigenvalue weighted by molar-refractivity contribution is 8.00. The van der Waals surface area contributed by atoms with Gasteiger partial charge >= 0.3 is 0 Å². The monoisotopic (exact) mass is 1200 g/mol. The van der Waals surface area contributed by atoms with Crippen LogP contribution in [0.5, 0.6) is 0 Å². The minimum atomic E-state index is -0.123. The maximum Gasteiger partial charge on any atom is 0.252 e. The second-order valence-corrected chi connectivity index (χ2v) is 33.4. The molecule has 2 atom stereocenters. The predicted molar refractivity (Wildman–Crippen MR) is 391 cm³/mol. The van der Waals surface area contributed by atoms with E-state index >= 15 is 0 Å². The molecule has 454 valence electrons. The van der Waals surface area contributed by atoms with Crippen LogP contribution in [0.4, 0.5) is 51.2 Å². The zero-order chi connectivity index (χ0) is 63.4. The van der Waals surface area contributed by atoms with Crippen LogP contribution in [0.1, 0.15) is 180 Å². The van der Waals surface area contributed by atoms with Crippen LogP contribution < -0.4 is 31.1 Å². The Hall–Kier alpha value is -7.73. The van der Waals surface area contributed by atoms with Crippen molar-refractivity contribution in [3.8, 4) is 11.1 Å². The maximum atomic E-state index is 2.73. The molecule has 5 aliphatic rings. The van der Waals surface area contributed by atoms with Gasteiger partial charge in [-0.05, 0) is 203 Å². The quantitative estimate of drug-likeness (QED) is 0.147. The minimum absolute atomic E-state index is 0.0147. The highest BCUT2D eigenvalue weighted by atomic mass is 32.2. The van der Waals surface area contributed by atoms with Crippen LogP contribution in [0, 0.1) is 6.92 Å². The van der Waals surface area contributed by atoms with Crippen LogP contribution in [-0.2, 0) is 32.5 Å². The van der Waals surface area contributed by atoms with Crippen molar-refractivity contribution < 1.29 is 0 Å². The number of hydrogen-bond acceptors (Lipinski definition) is 4. The van der Waals surface area contributed by atoms with E-state index in [1.54, 1.807) is 0 Å². The van der Waals surface area contributed by atoms with Crippen molar-refractivity contribution in [2.75, 3.05) is 14.7 Å². The third kappa shape index (κ3) is 10.1. The molecular weight excluding hydrogens is 1110 g/mol. The molecule has 2 aliphatic carbocycles. The van der Waals surface area contributed by atoms with E-state index in [2.05, 4.69) is 333 Å². The standard InChI is InChI=1S/C85H90BN3S/c1-53-46-58(82(8,9)10)35-42-70(53)88-72-41-30-55(63-27-23-29-77-78(63)64-26-21-22-28-76(64)90-77)47-68(72)86-69-51-66-67(85(16,17)45-44-84(66,14)15)52-73(69)89(71-43-36-59(83(11,12)13)48-65(71)54-24-19-18-20-25-54)75-50-62(49-74(88)79(75)86)87(60-37-31-56(32-38-60)80(2,3)4)61-39-33-57(34-40-61)81(5,6)7/h18-43,46-52,77-78H,44-45H2,1-17H3. The molecule has 9 aromatic rings. The Kier molecular flexibility index (Phi) is 14.1. The van der Waals surface area contributed by atoms with E-state index in [1.807, 2.05) is 11.8 Å². The fraction of sp³-hybridized carbons (Fsp3) is 0.318. The van der Waals surface area contributed by atoms with Crippen molar-refractivity contribution in [3.05, 3.63) is 250 Å². The third-order valence-electron chi connectivity index (χ3n) is 20.8. The summed E-state index contributed by atoms with van der Waals surface area (Å²) in [6.45, 7) is 40.2. The minimum Gasteiger partial charge on any atom is -0.311 e. The van der Waals surface area contributed by atoms with Gasteiger partial charge in [0.05, 0.1) is 11.4 Å². The summed E-state index contributed by atoms with van der Waals surface area (Å²) in [7, 11) is 0. The summed E-state index contributed by atoms with van der Waals surface area (Å²) in [5, 5.41) is 0.339.